The summed E-state index contributed by atoms with van der Waals surface area (Å²) in [6.07, 6.45) is 8.83. The van der Waals surface area contributed by atoms with Crippen molar-refractivity contribution in [2.24, 2.45) is 5.92 Å². The molecule has 1 N–H and O–H groups in total. The maximum Gasteiger partial charge on any atom is 0.138 e. The molecule has 122 valence electrons. The van der Waals surface area contributed by atoms with E-state index in [0.29, 0.717) is 5.92 Å². The van der Waals surface area contributed by atoms with Crippen LogP contribution in [0.5, 0.6) is 0 Å². The van der Waals surface area contributed by atoms with E-state index >= 15 is 0 Å². The molecular weight excluding hydrogens is 288 g/mol. The monoisotopic (exact) mass is 312 g/mol. The third-order valence-electron chi connectivity index (χ3n) is 5.54. The summed E-state index contributed by atoms with van der Waals surface area (Å²) in [7, 11) is 0. The van der Waals surface area contributed by atoms with Gasteiger partial charge in [-0.1, -0.05) is 25.0 Å². The van der Waals surface area contributed by atoms with Gasteiger partial charge in [-0.2, -0.15) is 5.10 Å². The number of hydrogen-bond acceptors (Lipinski definition) is 4. The van der Waals surface area contributed by atoms with Crippen LogP contribution in [0.3, 0.4) is 0 Å². The molecule has 0 amide bonds. The van der Waals surface area contributed by atoms with Crippen LogP contribution >= 0.6 is 0 Å². The van der Waals surface area contributed by atoms with E-state index in [-0.39, 0.29) is 5.60 Å². The fraction of sp³-hybridized carbons (Fsp3) is 0.556. The van der Waals surface area contributed by atoms with Gasteiger partial charge in [0.15, 0.2) is 0 Å². The van der Waals surface area contributed by atoms with Gasteiger partial charge in [-0.3, -0.25) is 4.90 Å². The van der Waals surface area contributed by atoms with Crippen molar-refractivity contribution in [2.75, 3.05) is 13.1 Å². The van der Waals surface area contributed by atoms with Gasteiger partial charge >= 0.3 is 0 Å². The standard InChI is InChI=1S/C18H24N4O/c23-18-8-2-1-3-16(18)12-21(10-9-18)11-15-4-6-17(7-5-15)22-14-19-13-20-22/h4-7,13-14,16,23H,1-3,8-12H2/t16-,18-/m0/s1. The lowest BCUT2D eigenvalue weighted by atomic mass is 9.71. The van der Waals surface area contributed by atoms with Crippen molar-refractivity contribution in [3.8, 4) is 5.69 Å². The summed E-state index contributed by atoms with van der Waals surface area (Å²) in [6, 6.07) is 8.51. The first-order chi connectivity index (χ1) is 11.2. The van der Waals surface area contributed by atoms with Gasteiger partial charge in [-0.25, -0.2) is 9.67 Å². The van der Waals surface area contributed by atoms with Crippen molar-refractivity contribution >= 4 is 0 Å². The molecule has 1 aromatic heterocycles. The second-order valence-corrected chi connectivity index (χ2v) is 7.04. The average Bonchev–Trinajstić information content (AvgIpc) is 3.10. The number of likely N-dealkylation sites (tertiary alicyclic amines) is 1. The van der Waals surface area contributed by atoms with Gasteiger partial charge in [0.2, 0.25) is 0 Å². The third-order valence-corrected chi connectivity index (χ3v) is 5.54. The number of aliphatic hydroxyl groups is 1. The average molecular weight is 312 g/mol. The zero-order chi connectivity index (χ0) is 15.7. The van der Waals surface area contributed by atoms with Crippen LogP contribution in [0.15, 0.2) is 36.9 Å². The Hall–Kier alpha value is -1.72. The molecule has 4 rings (SSSR count). The molecule has 2 atom stereocenters. The zero-order valence-corrected chi connectivity index (χ0v) is 13.4. The Balaban J connectivity index is 1.40. The van der Waals surface area contributed by atoms with Crippen molar-refractivity contribution in [1.82, 2.24) is 19.7 Å². The molecule has 1 saturated heterocycles. The molecule has 0 spiro atoms. The highest BCUT2D eigenvalue weighted by molar-refractivity contribution is 5.33. The SMILES string of the molecule is O[C@]12CCCC[C@H]1CN(Cc1ccc(-n3cncn3)cc1)CC2. The second-order valence-electron chi connectivity index (χ2n) is 7.04. The molecule has 2 aromatic rings. The number of nitrogens with zero attached hydrogens (tertiary/aromatic N) is 4. The molecule has 5 nitrogen and oxygen atoms in total. The predicted octanol–water partition coefficient (Wildman–Crippen LogP) is 2.39. The minimum atomic E-state index is -0.383. The molecule has 5 heteroatoms. The van der Waals surface area contributed by atoms with Gasteiger partial charge < -0.3 is 5.11 Å². The maximum absolute atomic E-state index is 10.8. The quantitative estimate of drug-likeness (QED) is 0.945. The summed E-state index contributed by atoms with van der Waals surface area (Å²) in [5, 5.41) is 14.9. The van der Waals surface area contributed by atoms with Crippen molar-refractivity contribution in [1.29, 1.82) is 0 Å². The van der Waals surface area contributed by atoms with E-state index in [1.807, 2.05) is 0 Å². The lowest BCUT2D eigenvalue weighted by Gasteiger charge is -2.47. The first-order valence-electron chi connectivity index (χ1n) is 8.62. The van der Waals surface area contributed by atoms with E-state index in [2.05, 4.69) is 39.2 Å². The first-order valence-corrected chi connectivity index (χ1v) is 8.62. The molecule has 1 aliphatic carbocycles. The Kier molecular flexibility index (Phi) is 3.91. The van der Waals surface area contributed by atoms with Crippen LogP contribution in [-0.2, 0) is 6.54 Å². The molecule has 2 fully saturated rings. The van der Waals surface area contributed by atoms with Crippen LogP contribution in [-0.4, -0.2) is 43.5 Å². The van der Waals surface area contributed by atoms with E-state index in [9.17, 15) is 5.11 Å². The predicted molar refractivity (Wildman–Crippen MR) is 88.2 cm³/mol. The molecular formula is C18H24N4O. The van der Waals surface area contributed by atoms with E-state index in [1.54, 1.807) is 17.3 Å². The van der Waals surface area contributed by atoms with Gasteiger partial charge in [0, 0.05) is 25.6 Å². The summed E-state index contributed by atoms with van der Waals surface area (Å²) in [6.45, 7) is 2.99. The minimum Gasteiger partial charge on any atom is -0.390 e. The van der Waals surface area contributed by atoms with Gasteiger partial charge in [0.1, 0.15) is 12.7 Å². The Morgan fingerprint density at radius 2 is 2.04 bits per heavy atom. The van der Waals surface area contributed by atoms with E-state index in [0.717, 1.165) is 38.2 Å². The number of fused-ring (bicyclic) bond motifs is 1. The minimum absolute atomic E-state index is 0.383. The number of piperidine rings is 1. The Morgan fingerprint density at radius 3 is 2.83 bits per heavy atom. The van der Waals surface area contributed by atoms with Crippen LogP contribution in [0, 0.1) is 5.92 Å². The lowest BCUT2D eigenvalue weighted by molar-refractivity contribution is -0.0967. The molecule has 1 saturated carbocycles. The zero-order valence-electron chi connectivity index (χ0n) is 13.4. The van der Waals surface area contributed by atoms with E-state index in [1.165, 1.54) is 24.8 Å². The largest absolute Gasteiger partial charge is 0.390 e. The highest BCUT2D eigenvalue weighted by Crippen LogP contribution is 2.40. The molecule has 0 unspecified atom stereocenters. The third kappa shape index (κ3) is 3.03. The maximum atomic E-state index is 10.8. The summed E-state index contributed by atoms with van der Waals surface area (Å²) in [5.41, 5.74) is 1.97. The fourth-order valence-corrected chi connectivity index (χ4v) is 4.14. The summed E-state index contributed by atoms with van der Waals surface area (Å²) >= 11 is 0. The molecule has 1 aliphatic heterocycles. The topological polar surface area (TPSA) is 54.2 Å². The van der Waals surface area contributed by atoms with Crippen LogP contribution in [0.1, 0.15) is 37.7 Å². The van der Waals surface area contributed by atoms with Crippen LogP contribution in [0.4, 0.5) is 0 Å². The lowest BCUT2D eigenvalue weighted by Crippen LogP contribution is -2.52. The van der Waals surface area contributed by atoms with Crippen LogP contribution in [0.25, 0.3) is 5.69 Å². The number of rotatable bonds is 3. The molecule has 0 radical (unpaired) electrons. The molecule has 23 heavy (non-hydrogen) atoms. The van der Waals surface area contributed by atoms with Crippen molar-refractivity contribution in [2.45, 2.75) is 44.2 Å². The van der Waals surface area contributed by atoms with Crippen molar-refractivity contribution in [3.05, 3.63) is 42.5 Å². The van der Waals surface area contributed by atoms with E-state index in [4.69, 9.17) is 0 Å². The number of benzene rings is 1. The molecule has 1 aromatic carbocycles. The molecule has 2 heterocycles. The van der Waals surface area contributed by atoms with Crippen LogP contribution < -0.4 is 0 Å². The van der Waals surface area contributed by atoms with Gasteiger partial charge in [0.25, 0.3) is 0 Å². The molecule has 0 bridgehead atoms. The smallest absolute Gasteiger partial charge is 0.138 e. The summed E-state index contributed by atoms with van der Waals surface area (Å²) in [5.74, 6) is 0.458. The number of aromatic nitrogens is 3. The first kappa shape index (κ1) is 14.8. The van der Waals surface area contributed by atoms with Crippen molar-refractivity contribution in [3.63, 3.8) is 0 Å². The van der Waals surface area contributed by atoms with Gasteiger partial charge in [-0.05, 0) is 37.0 Å². The second kappa shape index (κ2) is 6.06. The van der Waals surface area contributed by atoms with Gasteiger partial charge in [0.05, 0.1) is 11.3 Å². The Morgan fingerprint density at radius 1 is 1.17 bits per heavy atom. The van der Waals surface area contributed by atoms with Gasteiger partial charge in [-0.15, -0.1) is 0 Å². The van der Waals surface area contributed by atoms with Crippen LogP contribution in [0.2, 0.25) is 0 Å². The summed E-state index contributed by atoms with van der Waals surface area (Å²) < 4.78 is 1.77. The Labute approximate surface area is 137 Å². The van der Waals surface area contributed by atoms with Crippen molar-refractivity contribution < 1.29 is 5.11 Å². The normalized spacial score (nSPS) is 28.5. The highest BCUT2D eigenvalue weighted by Gasteiger charge is 2.42. The fourth-order valence-electron chi connectivity index (χ4n) is 4.14. The van der Waals surface area contributed by atoms with E-state index < -0.39 is 0 Å². The number of hydrogen-bond donors (Lipinski definition) is 1. The highest BCUT2D eigenvalue weighted by atomic mass is 16.3. The Bertz CT molecular complexity index is 640. The summed E-state index contributed by atoms with van der Waals surface area (Å²) in [4.78, 5) is 6.47. The molecule has 2 aliphatic rings.